The molecule has 6 nitrogen and oxygen atoms in total. The summed E-state index contributed by atoms with van der Waals surface area (Å²) in [7, 11) is -4.15. The van der Waals surface area contributed by atoms with Gasteiger partial charge in [-0.05, 0) is 12.1 Å². The van der Waals surface area contributed by atoms with Crippen molar-refractivity contribution in [1.82, 2.24) is 4.31 Å². The minimum absolute atomic E-state index is 0.0376. The molecule has 0 aliphatic carbocycles. The van der Waals surface area contributed by atoms with Crippen molar-refractivity contribution in [3.05, 3.63) is 23.3 Å². The first-order valence-corrected chi connectivity index (χ1v) is 7.60. The fourth-order valence-electron chi connectivity index (χ4n) is 2.04. The van der Waals surface area contributed by atoms with Crippen LogP contribution in [0.15, 0.2) is 17.0 Å². The average molecular weight is 335 g/mol. The molecule has 0 radical (unpaired) electrons. The maximum Gasteiger partial charge on any atom is 0.418 e. The van der Waals surface area contributed by atoms with Crippen LogP contribution in [0.1, 0.15) is 11.1 Å². The molecule has 1 saturated heterocycles. The predicted octanol–water partition coefficient (Wildman–Crippen LogP) is 1.18. The second-order valence-electron chi connectivity index (χ2n) is 4.56. The second-order valence-corrected chi connectivity index (χ2v) is 6.50. The molecule has 0 bridgehead atoms. The molecule has 120 valence electrons. The number of nitrogen functional groups attached to an aromatic ring is 1. The quantitative estimate of drug-likeness (QED) is 0.819. The van der Waals surface area contributed by atoms with Crippen LogP contribution < -0.4 is 5.73 Å². The van der Waals surface area contributed by atoms with Crippen molar-refractivity contribution >= 4 is 15.7 Å². The van der Waals surface area contributed by atoms with Gasteiger partial charge >= 0.3 is 6.18 Å². The van der Waals surface area contributed by atoms with E-state index in [2.05, 4.69) is 0 Å². The second kappa shape index (κ2) is 5.75. The Morgan fingerprint density at radius 1 is 1.27 bits per heavy atom. The lowest BCUT2D eigenvalue weighted by Crippen LogP contribution is -2.40. The Balaban J connectivity index is 2.58. The number of ether oxygens (including phenoxy) is 1. The summed E-state index contributed by atoms with van der Waals surface area (Å²) >= 11 is 0. The van der Waals surface area contributed by atoms with E-state index in [-0.39, 0.29) is 26.3 Å². The lowest BCUT2D eigenvalue weighted by molar-refractivity contribution is -0.137. The van der Waals surface area contributed by atoms with Crippen LogP contribution in [0.2, 0.25) is 0 Å². The van der Waals surface area contributed by atoms with Gasteiger partial charge in [0.15, 0.2) is 0 Å². The van der Waals surface area contributed by atoms with Gasteiger partial charge in [-0.15, -0.1) is 0 Å². The maximum absolute atomic E-state index is 13.0. The molecule has 22 heavy (non-hydrogen) atoms. The molecular weight excluding hydrogens is 323 g/mol. The van der Waals surface area contributed by atoms with E-state index < -0.39 is 37.9 Å². The molecule has 2 N–H and O–H groups in total. The number of halogens is 3. The number of hydrogen-bond donors (Lipinski definition) is 1. The van der Waals surface area contributed by atoms with Gasteiger partial charge in [-0.25, -0.2) is 8.42 Å². The monoisotopic (exact) mass is 335 g/mol. The third-order valence-corrected chi connectivity index (χ3v) is 5.06. The zero-order valence-corrected chi connectivity index (χ0v) is 12.0. The van der Waals surface area contributed by atoms with Crippen LogP contribution in [0.4, 0.5) is 18.9 Å². The summed E-state index contributed by atoms with van der Waals surface area (Å²) in [5.41, 5.74) is 2.66. The lowest BCUT2D eigenvalue weighted by atomic mass is 10.1. The number of nitrogens with two attached hydrogens (primary N) is 1. The van der Waals surface area contributed by atoms with Gasteiger partial charge in [-0.3, -0.25) is 0 Å². The van der Waals surface area contributed by atoms with E-state index in [1.54, 1.807) is 0 Å². The fraction of sp³-hybridized carbons (Fsp3) is 0.417. The van der Waals surface area contributed by atoms with Crippen molar-refractivity contribution < 1.29 is 26.3 Å². The van der Waals surface area contributed by atoms with Crippen LogP contribution >= 0.6 is 0 Å². The molecule has 1 aliphatic rings. The van der Waals surface area contributed by atoms with Gasteiger partial charge < -0.3 is 10.5 Å². The Labute approximate surface area is 124 Å². The van der Waals surface area contributed by atoms with E-state index in [0.29, 0.717) is 6.07 Å². The number of morpholine rings is 1. The van der Waals surface area contributed by atoms with E-state index in [9.17, 15) is 21.6 Å². The highest BCUT2D eigenvalue weighted by molar-refractivity contribution is 7.89. The largest absolute Gasteiger partial charge is 0.418 e. The molecule has 1 fully saturated rings. The van der Waals surface area contributed by atoms with Crippen LogP contribution in [0.25, 0.3) is 0 Å². The SMILES string of the molecule is N#Cc1cc(S(=O)(=O)N2CCOCC2)cc(C(F)(F)F)c1N. The van der Waals surface area contributed by atoms with Crippen molar-refractivity contribution in [2.45, 2.75) is 11.1 Å². The first-order valence-electron chi connectivity index (χ1n) is 6.16. The van der Waals surface area contributed by atoms with Gasteiger partial charge in [0, 0.05) is 13.1 Å². The molecule has 0 unspecified atom stereocenters. The number of hydrogen-bond acceptors (Lipinski definition) is 5. The molecule has 0 spiro atoms. The van der Waals surface area contributed by atoms with Crippen molar-refractivity contribution in [3.8, 4) is 6.07 Å². The topological polar surface area (TPSA) is 96.4 Å². The van der Waals surface area contributed by atoms with Crippen molar-refractivity contribution in [3.63, 3.8) is 0 Å². The molecular formula is C12H12F3N3O3S. The molecule has 2 rings (SSSR count). The first-order chi connectivity index (χ1) is 10.2. The highest BCUT2D eigenvalue weighted by atomic mass is 32.2. The maximum atomic E-state index is 13.0. The summed E-state index contributed by atoms with van der Waals surface area (Å²) in [6.45, 7) is 0.392. The molecule has 0 atom stereocenters. The van der Waals surface area contributed by atoms with Crippen LogP contribution in [-0.2, 0) is 20.9 Å². The van der Waals surface area contributed by atoms with Crippen LogP contribution in [-0.4, -0.2) is 39.0 Å². The Bertz CT molecular complexity index is 720. The molecule has 1 aromatic carbocycles. The minimum atomic E-state index is -4.85. The number of sulfonamides is 1. The first kappa shape index (κ1) is 16.5. The predicted molar refractivity (Wildman–Crippen MR) is 70.1 cm³/mol. The minimum Gasteiger partial charge on any atom is -0.397 e. The Kier molecular flexibility index (Phi) is 4.32. The van der Waals surface area contributed by atoms with Crippen molar-refractivity contribution in [2.24, 2.45) is 0 Å². The van der Waals surface area contributed by atoms with Crippen LogP contribution in [0.3, 0.4) is 0 Å². The van der Waals surface area contributed by atoms with Crippen LogP contribution in [0.5, 0.6) is 0 Å². The van der Waals surface area contributed by atoms with Crippen molar-refractivity contribution in [2.75, 3.05) is 32.0 Å². The standard InChI is InChI=1S/C12H12F3N3O3S/c13-12(14,15)10-6-9(5-8(7-16)11(10)17)22(19,20)18-1-3-21-4-2-18/h5-6H,1-4,17H2. The summed E-state index contributed by atoms with van der Waals surface area (Å²) in [5, 5.41) is 8.88. The van der Waals surface area contributed by atoms with Gasteiger partial charge in [0.1, 0.15) is 6.07 Å². The van der Waals surface area contributed by atoms with Crippen LogP contribution in [0, 0.1) is 11.3 Å². The summed E-state index contributed by atoms with van der Waals surface area (Å²) < 4.78 is 69.7. The zero-order chi connectivity index (χ0) is 16.5. The lowest BCUT2D eigenvalue weighted by Gasteiger charge is -2.26. The normalized spacial score (nSPS) is 17.2. The van der Waals surface area contributed by atoms with Gasteiger partial charge in [0.25, 0.3) is 0 Å². The highest BCUT2D eigenvalue weighted by Crippen LogP contribution is 2.37. The molecule has 1 heterocycles. The summed E-state index contributed by atoms with van der Waals surface area (Å²) in [5.74, 6) is 0. The number of nitrogens with zero attached hydrogens (tertiary/aromatic N) is 2. The molecule has 0 amide bonds. The van der Waals surface area contributed by atoms with Gasteiger partial charge in [0.05, 0.1) is 34.9 Å². The Morgan fingerprint density at radius 2 is 1.86 bits per heavy atom. The highest BCUT2D eigenvalue weighted by Gasteiger charge is 2.37. The van der Waals surface area contributed by atoms with Gasteiger partial charge in [-0.2, -0.15) is 22.7 Å². The Morgan fingerprint density at radius 3 is 2.36 bits per heavy atom. The third-order valence-electron chi connectivity index (χ3n) is 3.19. The Hall–Kier alpha value is -1.83. The van der Waals surface area contributed by atoms with E-state index >= 15 is 0 Å². The molecule has 10 heteroatoms. The zero-order valence-electron chi connectivity index (χ0n) is 11.2. The van der Waals surface area contributed by atoms with E-state index in [0.717, 1.165) is 10.4 Å². The average Bonchev–Trinajstić information content (AvgIpc) is 2.47. The fourth-order valence-corrected chi connectivity index (χ4v) is 3.50. The molecule has 1 aromatic rings. The summed E-state index contributed by atoms with van der Waals surface area (Å²) in [6.07, 6.45) is -4.85. The van der Waals surface area contributed by atoms with E-state index in [1.165, 1.54) is 6.07 Å². The summed E-state index contributed by atoms with van der Waals surface area (Å²) in [6, 6.07) is 2.81. The third kappa shape index (κ3) is 3.01. The number of nitriles is 1. The number of rotatable bonds is 2. The molecule has 0 aromatic heterocycles. The van der Waals surface area contributed by atoms with Gasteiger partial charge in [-0.1, -0.05) is 0 Å². The molecule has 0 saturated carbocycles. The summed E-state index contributed by atoms with van der Waals surface area (Å²) in [4.78, 5) is -0.604. The van der Waals surface area contributed by atoms with E-state index in [4.69, 9.17) is 15.7 Å². The van der Waals surface area contributed by atoms with Gasteiger partial charge in [0.2, 0.25) is 10.0 Å². The van der Waals surface area contributed by atoms with Crippen molar-refractivity contribution in [1.29, 1.82) is 5.26 Å². The number of anilines is 1. The smallest absolute Gasteiger partial charge is 0.397 e. The number of benzene rings is 1. The van der Waals surface area contributed by atoms with E-state index in [1.807, 2.05) is 0 Å². The molecule has 1 aliphatic heterocycles. The number of alkyl halides is 3.